The van der Waals surface area contributed by atoms with E-state index in [1.165, 1.54) is 11.3 Å². The number of hydrogen-bond acceptors (Lipinski definition) is 8. The minimum absolute atomic E-state index is 0.204. The van der Waals surface area contributed by atoms with Crippen LogP contribution < -0.4 is 29.3 Å². The van der Waals surface area contributed by atoms with Crippen molar-refractivity contribution in [1.29, 1.82) is 0 Å². The van der Waals surface area contributed by atoms with Gasteiger partial charge in [-0.25, -0.2) is 9.79 Å². The number of allylic oxidation sites excluding steroid dienone is 1. The quantitative estimate of drug-likeness (QED) is 0.458. The van der Waals surface area contributed by atoms with E-state index < -0.39 is 12.0 Å². The Kier molecular flexibility index (Phi) is 7.30. The molecule has 0 amide bonds. The molecule has 9 heteroatoms. The van der Waals surface area contributed by atoms with Crippen LogP contribution in [-0.4, -0.2) is 45.5 Å². The Balaban J connectivity index is 1.94. The molecule has 0 saturated heterocycles. The zero-order chi connectivity index (χ0) is 26.0. The minimum atomic E-state index is -0.764. The summed E-state index contributed by atoms with van der Waals surface area (Å²) in [4.78, 5) is 34.0. The van der Waals surface area contributed by atoms with Crippen molar-refractivity contribution >= 4 is 29.1 Å². The Morgan fingerprint density at radius 3 is 2.47 bits per heavy atom. The highest BCUT2D eigenvalue weighted by Gasteiger charge is 2.35. The van der Waals surface area contributed by atoms with Crippen LogP contribution in [0.3, 0.4) is 0 Å². The summed E-state index contributed by atoms with van der Waals surface area (Å²) in [6, 6.07) is 12.5. The van der Waals surface area contributed by atoms with Crippen LogP contribution in [0.1, 0.15) is 31.0 Å². The fourth-order valence-corrected chi connectivity index (χ4v) is 5.20. The van der Waals surface area contributed by atoms with Crippen LogP contribution in [-0.2, 0) is 9.53 Å². The minimum Gasteiger partial charge on any atom is -0.497 e. The van der Waals surface area contributed by atoms with Crippen LogP contribution in [0.15, 0.2) is 63.5 Å². The van der Waals surface area contributed by atoms with Crippen molar-refractivity contribution in [3.63, 3.8) is 0 Å². The lowest BCUT2D eigenvalue weighted by atomic mass is 9.95. The van der Waals surface area contributed by atoms with E-state index in [1.54, 1.807) is 50.8 Å². The number of methoxy groups -OCH3 is 2. The first-order valence-corrected chi connectivity index (χ1v) is 12.3. The maximum absolute atomic E-state index is 13.8. The lowest BCUT2D eigenvalue weighted by Crippen LogP contribution is -2.40. The van der Waals surface area contributed by atoms with Gasteiger partial charge in [0, 0.05) is 31.4 Å². The number of rotatable bonds is 7. The van der Waals surface area contributed by atoms with E-state index in [0.29, 0.717) is 37.7 Å². The van der Waals surface area contributed by atoms with Crippen LogP contribution >= 0.6 is 11.3 Å². The molecule has 2 heterocycles. The smallest absolute Gasteiger partial charge is 0.338 e. The molecule has 3 aromatic rings. The third kappa shape index (κ3) is 4.66. The molecule has 0 spiro atoms. The number of fused-ring (bicyclic) bond motifs is 1. The first-order valence-electron chi connectivity index (χ1n) is 11.5. The van der Waals surface area contributed by atoms with Crippen LogP contribution in [0.5, 0.6) is 11.5 Å². The molecule has 0 N–H and O–H groups in total. The Morgan fingerprint density at radius 2 is 1.86 bits per heavy atom. The highest BCUT2D eigenvalue weighted by atomic mass is 32.1. The van der Waals surface area contributed by atoms with Gasteiger partial charge < -0.3 is 19.1 Å². The number of nitrogens with zero attached hydrogens (tertiary/aromatic N) is 3. The molecule has 1 aliphatic heterocycles. The monoisotopic (exact) mass is 507 g/mol. The van der Waals surface area contributed by atoms with Gasteiger partial charge in [-0.05, 0) is 49.8 Å². The Labute approximate surface area is 213 Å². The molecule has 8 nitrogen and oxygen atoms in total. The summed E-state index contributed by atoms with van der Waals surface area (Å²) in [5, 5.41) is 0. The lowest BCUT2D eigenvalue weighted by molar-refractivity contribution is -0.139. The number of esters is 1. The van der Waals surface area contributed by atoms with Gasteiger partial charge in [-0.3, -0.25) is 9.36 Å². The van der Waals surface area contributed by atoms with E-state index in [0.717, 1.165) is 11.3 Å². The van der Waals surface area contributed by atoms with E-state index in [1.807, 2.05) is 49.3 Å². The molecule has 1 unspecified atom stereocenters. The molecule has 0 aliphatic carbocycles. The molecule has 0 radical (unpaired) electrons. The second-order valence-electron chi connectivity index (χ2n) is 8.40. The van der Waals surface area contributed by atoms with E-state index in [9.17, 15) is 9.59 Å². The number of thiazole rings is 1. The Hall–Kier alpha value is -3.85. The van der Waals surface area contributed by atoms with Crippen molar-refractivity contribution in [2.75, 3.05) is 39.8 Å². The van der Waals surface area contributed by atoms with Crippen LogP contribution in [0.25, 0.3) is 6.08 Å². The van der Waals surface area contributed by atoms with E-state index >= 15 is 0 Å². The number of carbonyl (C=O) groups is 1. The first kappa shape index (κ1) is 25.2. The molecule has 1 aromatic heterocycles. The van der Waals surface area contributed by atoms with Gasteiger partial charge in [0.25, 0.3) is 5.56 Å². The maximum atomic E-state index is 13.8. The third-order valence-electron chi connectivity index (χ3n) is 5.96. The van der Waals surface area contributed by atoms with E-state index in [2.05, 4.69) is 4.99 Å². The van der Waals surface area contributed by atoms with Crippen molar-refractivity contribution in [3.05, 3.63) is 84.5 Å². The highest BCUT2D eigenvalue weighted by molar-refractivity contribution is 7.07. The molecule has 2 aromatic carbocycles. The SMILES string of the molecule is CCOC(=O)C1=C(C)N=c2s/c(=C/c3ccc(N(C)C)cc3)c(=O)n2C1c1ccc(OC)cc1OC. The predicted octanol–water partition coefficient (Wildman–Crippen LogP) is 2.88. The number of hydrogen-bond donors (Lipinski definition) is 0. The molecule has 0 fully saturated rings. The Morgan fingerprint density at radius 1 is 1.14 bits per heavy atom. The molecular formula is C27H29N3O5S. The van der Waals surface area contributed by atoms with Crippen molar-refractivity contribution in [1.82, 2.24) is 4.57 Å². The lowest BCUT2D eigenvalue weighted by Gasteiger charge is -2.26. The molecule has 4 rings (SSSR count). The van der Waals surface area contributed by atoms with Gasteiger partial charge in [0.1, 0.15) is 17.5 Å². The molecule has 1 aliphatic rings. The largest absolute Gasteiger partial charge is 0.497 e. The van der Waals surface area contributed by atoms with Crippen LogP contribution in [0.2, 0.25) is 0 Å². The number of benzene rings is 2. The van der Waals surface area contributed by atoms with Crippen LogP contribution in [0.4, 0.5) is 5.69 Å². The van der Waals surface area contributed by atoms with Gasteiger partial charge in [-0.2, -0.15) is 0 Å². The van der Waals surface area contributed by atoms with Crippen molar-refractivity contribution in [2.24, 2.45) is 4.99 Å². The highest BCUT2D eigenvalue weighted by Crippen LogP contribution is 2.37. The zero-order valence-corrected chi connectivity index (χ0v) is 22.0. The predicted molar refractivity (Wildman–Crippen MR) is 141 cm³/mol. The van der Waals surface area contributed by atoms with Gasteiger partial charge in [0.05, 0.1) is 36.6 Å². The maximum Gasteiger partial charge on any atom is 0.338 e. The Bertz CT molecular complexity index is 1500. The van der Waals surface area contributed by atoms with Gasteiger partial charge in [0.15, 0.2) is 4.80 Å². The average Bonchev–Trinajstić information content (AvgIpc) is 3.17. The summed E-state index contributed by atoms with van der Waals surface area (Å²) in [5.41, 5.74) is 3.15. The van der Waals surface area contributed by atoms with Gasteiger partial charge >= 0.3 is 5.97 Å². The summed E-state index contributed by atoms with van der Waals surface area (Å²) < 4.78 is 18.4. The second kappa shape index (κ2) is 10.4. The fraction of sp³-hybridized carbons (Fsp3) is 0.296. The van der Waals surface area contributed by atoms with E-state index in [4.69, 9.17) is 14.2 Å². The standard InChI is InChI=1S/C27H29N3O5S/c1-7-35-26(32)23-16(2)28-27-30(24(23)20-13-12-19(33-5)15-21(20)34-6)25(31)22(36-27)14-17-8-10-18(11-9-17)29(3)4/h8-15,24H,7H2,1-6H3/b22-14+. The third-order valence-corrected chi connectivity index (χ3v) is 6.94. The molecule has 0 saturated carbocycles. The number of aromatic nitrogens is 1. The molecular weight excluding hydrogens is 478 g/mol. The summed E-state index contributed by atoms with van der Waals surface area (Å²) >= 11 is 1.28. The van der Waals surface area contributed by atoms with Gasteiger partial charge in [-0.15, -0.1) is 0 Å². The normalized spacial score (nSPS) is 15.3. The number of carbonyl (C=O) groups excluding carboxylic acids is 1. The van der Waals surface area contributed by atoms with E-state index in [-0.39, 0.29) is 12.2 Å². The fourth-order valence-electron chi connectivity index (χ4n) is 4.15. The van der Waals surface area contributed by atoms with Crippen molar-refractivity contribution in [3.8, 4) is 11.5 Å². The zero-order valence-electron chi connectivity index (χ0n) is 21.2. The summed E-state index contributed by atoms with van der Waals surface area (Å²) in [6.45, 7) is 3.70. The molecule has 1 atom stereocenters. The van der Waals surface area contributed by atoms with Gasteiger partial charge in [0.2, 0.25) is 0 Å². The summed E-state index contributed by atoms with van der Waals surface area (Å²) in [7, 11) is 7.06. The van der Waals surface area contributed by atoms with Crippen LogP contribution in [0, 0.1) is 0 Å². The molecule has 188 valence electrons. The average molecular weight is 508 g/mol. The van der Waals surface area contributed by atoms with Crippen molar-refractivity contribution < 1.29 is 19.0 Å². The summed E-state index contributed by atoms with van der Waals surface area (Å²) in [5.74, 6) is 0.572. The molecule has 0 bridgehead atoms. The van der Waals surface area contributed by atoms with Crippen molar-refractivity contribution in [2.45, 2.75) is 19.9 Å². The number of ether oxygens (including phenoxy) is 3. The second-order valence-corrected chi connectivity index (χ2v) is 9.41. The molecule has 36 heavy (non-hydrogen) atoms. The number of anilines is 1. The topological polar surface area (TPSA) is 82.4 Å². The first-order chi connectivity index (χ1) is 17.3. The van der Waals surface area contributed by atoms with Gasteiger partial charge in [-0.1, -0.05) is 23.5 Å². The summed E-state index contributed by atoms with van der Waals surface area (Å²) in [6.07, 6.45) is 1.84.